The van der Waals surface area contributed by atoms with E-state index in [1.807, 2.05) is 23.1 Å². The van der Waals surface area contributed by atoms with Crippen molar-refractivity contribution in [2.75, 3.05) is 44.3 Å². The number of aromatic nitrogens is 1. The lowest BCUT2D eigenvalue weighted by molar-refractivity contribution is -0.118. The summed E-state index contributed by atoms with van der Waals surface area (Å²) in [4.78, 5) is 22.5. The Kier molecular flexibility index (Phi) is 7.33. The van der Waals surface area contributed by atoms with Crippen molar-refractivity contribution in [3.05, 3.63) is 59.2 Å². The fourth-order valence-electron chi connectivity index (χ4n) is 3.96. The van der Waals surface area contributed by atoms with Gasteiger partial charge in [0.05, 0.1) is 23.4 Å². The summed E-state index contributed by atoms with van der Waals surface area (Å²) in [6.07, 6.45) is 2.18. The number of anilines is 1. The molecular formula is C25H31N3O2S. The van der Waals surface area contributed by atoms with E-state index >= 15 is 0 Å². The van der Waals surface area contributed by atoms with Crippen molar-refractivity contribution in [1.29, 1.82) is 0 Å². The second-order valence-electron chi connectivity index (χ2n) is 8.19. The molecule has 1 aliphatic heterocycles. The van der Waals surface area contributed by atoms with Gasteiger partial charge < -0.3 is 4.74 Å². The number of thiazole rings is 1. The molecule has 0 N–H and O–H groups in total. The minimum Gasteiger partial charge on any atom is -0.379 e. The van der Waals surface area contributed by atoms with Crippen molar-refractivity contribution in [2.24, 2.45) is 0 Å². The lowest BCUT2D eigenvalue weighted by Gasteiger charge is -2.27. The number of nitrogens with zero attached hydrogens (tertiary/aromatic N) is 3. The van der Waals surface area contributed by atoms with Crippen LogP contribution in [0.2, 0.25) is 0 Å². The first kappa shape index (κ1) is 21.9. The highest BCUT2D eigenvalue weighted by Gasteiger charge is 2.21. The van der Waals surface area contributed by atoms with Crippen LogP contribution in [0.25, 0.3) is 10.2 Å². The third-order valence-corrected chi connectivity index (χ3v) is 7.08. The summed E-state index contributed by atoms with van der Waals surface area (Å²) < 4.78 is 6.59. The number of benzene rings is 2. The molecule has 4 rings (SSSR count). The quantitative estimate of drug-likeness (QED) is 0.517. The van der Waals surface area contributed by atoms with Crippen molar-refractivity contribution >= 4 is 32.6 Å². The number of fused-ring (bicyclic) bond motifs is 1. The van der Waals surface area contributed by atoms with Gasteiger partial charge in [-0.25, -0.2) is 4.98 Å². The first-order valence-corrected chi connectivity index (χ1v) is 11.9. The average molecular weight is 438 g/mol. The van der Waals surface area contributed by atoms with E-state index in [2.05, 4.69) is 43.0 Å². The van der Waals surface area contributed by atoms with Crippen molar-refractivity contribution in [2.45, 2.75) is 33.1 Å². The molecule has 164 valence electrons. The van der Waals surface area contributed by atoms with Crippen molar-refractivity contribution in [3.8, 4) is 0 Å². The first-order valence-electron chi connectivity index (χ1n) is 11.1. The molecule has 0 unspecified atom stereocenters. The third-order valence-electron chi connectivity index (χ3n) is 6.04. The summed E-state index contributed by atoms with van der Waals surface area (Å²) in [5, 5.41) is 0.823. The van der Waals surface area contributed by atoms with Crippen LogP contribution in [0.15, 0.2) is 42.5 Å². The van der Waals surface area contributed by atoms with Gasteiger partial charge in [0.2, 0.25) is 5.91 Å². The highest BCUT2D eigenvalue weighted by Crippen LogP contribution is 2.32. The average Bonchev–Trinajstić information content (AvgIpc) is 3.24. The molecule has 0 atom stereocenters. The number of carbonyl (C=O) groups is 1. The van der Waals surface area contributed by atoms with Crippen LogP contribution >= 0.6 is 11.3 Å². The van der Waals surface area contributed by atoms with Crippen molar-refractivity contribution in [1.82, 2.24) is 9.88 Å². The lowest BCUT2D eigenvalue weighted by atomic mass is 10.1. The standard InChI is InChI=1S/C25H31N3O2S/c1-19-9-11-22-24(20(19)2)26-25(31-22)28(14-6-13-27-15-17-30-18-16-27)23(29)12-10-21-7-4-3-5-8-21/h3-5,7-9,11H,6,10,12-18H2,1-2H3. The minimum atomic E-state index is 0.152. The van der Waals surface area contributed by atoms with Crippen molar-refractivity contribution in [3.63, 3.8) is 0 Å². The molecule has 1 aromatic heterocycles. The predicted molar refractivity (Wildman–Crippen MR) is 128 cm³/mol. The Labute approximate surface area is 188 Å². The largest absolute Gasteiger partial charge is 0.379 e. The van der Waals surface area contributed by atoms with Gasteiger partial charge in [-0.15, -0.1) is 0 Å². The van der Waals surface area contributed by atoms with Crippen LogP contribution in [-0.2, 0) is 16.0 Å². The van der Waals surface area contributed by atoms with E-state index in [1.54, 1.807) is 11.3 Å². The molecule has 1 fully saturated rings. The number of hydrogen-bond donors (Lipinski definition) is 0. The van der Waals surface area contributed by atoms with E-state index in [1.165, 1.54) is 16.7 Å². The van der Waals surface area contributed by atoms with E-state index in [0.29, 0.717) is 13.0 Å². The Hall–Kier alpha value is -2.28. The van der Waals surface area contributed by atoms with Gasteiger partial charge in [-0.2, -0.15) is 0 Å². The number of aryl methyl sites for hydroxylation is 3. The summed E-state index contributed by atoms with van der Waals surface area (Å²) >= 11 is 1.62. The van der Waals surface area contributed by atoms with Crippen LogP contribution in [0.1, 0.15) is 29.5 Å². The number of carbonyl (C=O) groups excluding carboxylic acids is 1. The molecule has 5 nitrogen and oxygen atoms in total. The fourth-order valence-corrected chi connectivity index (χ4v) is 5.03. The van der Waals surface area contributed by atoms with Crippen molar-refractivity contribution < 1.29 is 9.53 Å². The molecule has 31 heavy (non-hydrogen) atoms. The minimum absolute atomic E-state index is 0.152. The molecule has 0 spiro atoms. The zero-order chi connectivity index (χ0) is 21.6. The van der Waals surface area contributed by atoms with Crippen LogP contribution in [0.4, 0.5) is 5.13 Å². The number of rotatable bonds is 8. The van der Waals surface area contributed by atoms with Crippen LogP contribution in [0.5, 0.6) is 0 Å². The Morgan fingerprint density at radius 1 is 1.13 bits per heavy atom. The molecule has 0 radical (unpaired) electrons. The number of hydrogen-bond acceptors (Lipinski definition) is 5. The summed E-state index contributed by atoms with van der Waals surface area (Å²) in [6.45, 7) is 9.45. The smallest absolute Gasteiger partial charge is 0.229 e. The molecule has 2 aromatic carbocycles. The number of amides is 1. The molecular weight excluding hydrogens is 406 g/mol. The van der Waals surface area contributed by atoms with Gasteiger partial charge in [-0.3, -0.25) is 14.6 Å². The molecule has 1 saturated heterocycles. The van der Waals surface area contributed by atoms with E-state index in [-0.39, 0.29) is 5.91 Å². The highest BCUT2D eigenvalue weighted by molar-refractivity contribution is 7.22. The molecule has 6 heteroatoms. The van der Waals surface area contributed by atoms with Crippen LogP contribution in [0, 0.1) is 13.8 Å². The summed E-state index contributed by atoms with van der Waals surface area (Å²) in [6, 6.07) is 14.5. The Morgan fingerprint density at radius 3 is 2.68 bits per heavy atom. The van der Waals surface area contributed by atoms with Gasteiger partial charge in [0.1, 0.15) is 0 Å². The van der Waals surface area contributed by atoms with Gasteiger partial charge in [0, 0.05) is 32.6 Å². The monoisotopic (exact) mass is 437 g/mol. The van der Waals surface area contributed by atoms with Gasteiger partial charge >= 0.3 is 0 Å². The summed E-state index contributed by atoms with van der Waals surface area (Å²) in [5.41, 5.74) is 4.65. The maximum absolute atomic E-state index is 13.3. The topological polar surface area (TPSA) is 45.7 Å². The second-order valence-corrected chi connectivity index (χ2v) is 9.20. The van der Waals surface area contributed by atoms with Gasteiger partial charge in [-0.1, -0.05) is 47.7 Å². The maximum Gasteiger partial charge on any atom is 0.229 e. The summed E-state index contributed by atoms with van der Waals surface area (Å²) in [7, 11) is 0. The Bertz CT molecular complexity index is 1010. The van der Waals surface area contributed by atoms with E-state index in [9.17, 15) is 4.79 Å². The van der Waals surface area contributed by atoms with Crippen LogP contribution < -0.4 is 4.90 Å². The first-order chi connectivity index (χ1) is 15.1. The summed E-state index contributed by atoms with van der Waals surface area (Å²) in [5.74, 6) is 0.152. The predicted octanol–water partition coefficient (Wildman–Crippen LogP) is 4.60. The molecule has 0 aliphatic carbocycles. The highest BCUT2D eigenvalue weighted by atomic mass is 32.1. The molecule has 0 saturated carbocycles. The normalized spacial score (nSPS) is 14.8. The molecule has 3 aromatic rings. The molecule has 1 amide bonds. The molecule has 0 bridgehead atoms. The Morgan fingerprint density at radius 2 is 1.90 bits per heavy atom. The number of ether oxygens (including phenoxy) is 1. The van der Waals surface area contributed by atoms with Gasteiger partial charge in [0.25, 0.3) is 0 Å². The molecule has 2 heterocycles. The van der Waals surface area contributed by atoms with E-state index in [0.717, 1.165) is 61.0 Å². The Balaban J connectivity index is 1.49. The zero-order valence-corrected chi connectivity index (χ0v) is 19.3. The number of morpholine rings is 1. The van der Waals surface area contributed by atoms with E-state index < -0.39 is 0 Å². The van der Waals surface area contributed by atoms with Crippen LogP contribution in [-0.4, -0.2) is 55.2 Å². The van der Waals surface area contributed by atoms with Gasteiger partial charge in [-0.05, 0) is 49.4 Å². The van der Waals surface area contributed by atoms with Crippen LogP contribution in [0.3, 0.4) is 0 Å². The third kappa shape index (κ3) is 5.50. The van der Waals surface area contributed by atoms with Gasteiger partial charge in [0.15, 0.2) is 5.13 Å². The van der Waals surface area contributed by atoms with E-state index in [4.69, 9.17) is 9.72 Å². The second kappa shape index (κ2) is 10.4. The SMILES string of the molecule is Cc1ccc2sc(N(CCCN3CCOCC3)C(=O)CCc3ccccc3)nc2c1C. The molecule has 1 aliphatic rings. The maximum atomic E-state index is 13.3. The fraction of sp³-hybridized carbons (Fsp3) is 0.440. The lowest BCUT2D eigenvalue weighted by Crippen LogP contribution is -2.39. The zero-order valence-electron chi connectivity index (χ0n) is 18.5.